The summed E-state index contributed by atoms with van der Waals surface area (Å²) >= 11 is 5.99. The van der Waals surface area contributed by atoms with Crippen LogP contribution < -0.4 is 15.5 Å². The van der Waals surface area contributed by atoms with Gasteiger partial charge >= 0.3 is 0 Å². The third kappa shape index (κ3) is 2.94. The van der Waals surface area contributed by atoms with Gasteiger partial charge in [-0.2, -0.15) is 0 Å². The highest BCUT2D eigenvalue weighted by Gasteiger charge is 2.70. The van der Waals surface area contributed by atoms with E-state index in [1.54, 1.807) is 12.1 Å². The highest BCUT2D eigenvalue weighted by molar-refractivity contribution is 6.32. The molecule has 3 amide bonds. The van der Waals surface area contributed by atoms with E-state index in [0.29, 0.717) is 17.7 Å². The summed E-state index contributed by atoms with van der Waals surface area (Å²) in [4.78, 5) is 45.9. The maximum Gasteiger partial charge on any atom is 0.250 e. The van der Waals surface area contributed by atoms with Gasteiger partial charge in [0, 0.05) is 34.4 Å². The Labute approximate surface area is 215 Å². The van der Waals surface area contributed by atoms with Crippen molar-refractivity contribution in [3.05, 3.63) is 94.9 Å². The van der Waals surface area contributed by atoms with E-state index in [2.05, 4.69) is 15.6 Å². The number of amides is 3. The molecule has 4 unspecified atom stereocenters. The monoisotopic (exact) mass is 514 g/mol. The smallest absolute Gasteiger partial charge is 0.250 e. The third-order valence-electron chi connectivity index (χ3n) is 7.90. The molecule has 0 bridgehead atoms. The van der Waals surface area contributed by atoms with Gasteiger partial charge in [-0.15, -0.1) is 0 Å². The van der Waals surface area contributed by atoms with Crippen molar-refractivity contribution in [1.82, 2.24) is 10.3 Å². The van der Waals surface area contributed by atoms with Crippen molar-refractivity contribution >= 4 is 51.6 Å². The number of rotatable bonds is 3. The van der Waals surface area contributed by atoms with Crippen LogP contribution in [0.25, 0.3) is 10.9 Å². The number of aromatic amines is 1. The van der Waals surface area contributed by atoms with Crippen LogP contribution in [0.5, 0.6) is 0 Å². The van der Waals surface area contributed by atoms with E-state index in [9.17, 15) is 18.8 Å². The van der Waals surface area contributed by atoms with Crippen LogP contribution in [0.3, 0.4) is 0 Å². The molecule has 4 atom stereocenters. The van der Waals surface area contributed by atoms with Gasteiger partial charge in [0.2, 0.25) is 17.7 Å². The maximum absolute atomic E-state index is 14.0. The summed E-state index contributed by atoms with van der Waals surface area (Å²) in [7, 11) is 0. The number of para-hydroxylation sites is 2. The fourth-order valence-corrected chi connectivity index (χ4v) is 6.52. The lowest BCUT2D eigenvalue weighted by molar-refractivity contribution is -0.130. The summed E-state index contributed by atoms with van der Waals surface area (Å²) in [5.41, 5.74) is 1.94. The van der Waals surface area contributed by atoms with Crippen LogP contribution in [-0.4, -0.2) is 28.7 Å². The predicted molar refractivity (Wildman–Crippen MR) is 137 cm³/mol. The normalized spacial score (nSPS) is 26.3. The number of imide groups is 1. The Kier molecular flexibility index (Phi) is 4.65. The highest BCUT2D eigenvalue weighted by Crippen LogP contribution is 2.54. The molecule has 37 heavy (non-hydrogen) atoms. The molecular weight excluding hydrogens is 495 g/mol. The van der Waals surface area contributed by atoms with Crippen LogP contribution in [0.15, 0.2) is 72.9 Å². The fraction of sp³-hybridized carbons (Fsp3) is 0.179. The first-order chi connectivity index (χ1) is 17.9. The SMILES string of the molecule is O=C1C2C(Cc3c[nH]c4ccccc34)NC3(C(=O)Nc4ccccc43)C2C(=O)N1c1ccc(F)c(Cl)c1. The van der Waals surface area contributed by atoms with Crippen LogP contribution in [0, 0.1) is 17.7 Å². The summed E-state index contributed by atoms with van der Waals surface area (Å²) < 4.78 is 13.9. The summed E-state index contributed by atoms with van der Waals surface area (Å²) in [5, 5.41) is 7.17. The lowest BCUT2D eigenvalue weighted by atomic mass is 9.76. The van der Waals surface area contributed by atoms with E-state index in [4.69, 9.17) is 11.6 Å². The molecule has 2 saturated heterocycles. The molecule has 3 aliphatic rings. The molecule has 3 aromatic carbocycles. The molecule has 4 heterocycles. The van der Waals surface area contributed by atoms with E-state index < -0.39 is 41.0 Å². The van der Waals surface area contributed by atoms with E-state index in [1.807, 2.05) is 42.6 Å². The molecule has 2 fully saturated rings. The number of benzene rings is 3. The van der Waals surface area contributed by atoms with Gasteiger partial charge in [-0.25, -0.2) is 9.29 Å². The Morgan fingerprint density at radius 3 is 2.59 bits per heavy atom. The molecule has 0 aliphatic carbocycles. The molecule has 4 aromatic rings. The van der Waals surface area contributed by atoms with E-state index >= 15 is 0 Å². The number of anilines is 2. The second-order valence-electron chi connectivity index (χ2n) is 9.74. The Hall–Kier alpha value is -4.01. The summed E-state index contributed by atoms with van der Waals surface area (Å²) in [5.74, 6) is -3.78. The predicted octanol–water partition coefficient (Wildman–Crippen LogP) is 4.13. The van der Waals surface area contributed by atoms with Crippen LogP contribution in [-0.2, 0) is 26.3 Å². The zero-order valence-electron chi connectivity index (χ0n) is 19.3. The lowest BCUT2D eigenvalue weighted by Gasteiger charge is -2.29. The molecule has 0 saturated carbocycles. The van der Waals surface area contributed by atoms with Crippen LogP contribution in [0.2, 0.25) is 5.02 Å². The van der Waals surface area contributed by atoms with Crippen LogP contribution in [0.4, 0.5) is 15.8 Å². The summed E-state index contributed by atoms with van der Waals surface area (Å²) in [6.45, 7) is 0. The molecule has 184 valence electrons. The summed E-state index contributed by atoms with van der Waals surface area (Å²) in [6.07, 6.45) is 2.31. The van der Waals surface area contributed by atoms with Crippen molar-refractivity contribution in [2.75, 3.05) is 10.2 Å². The van der Waals surface area contributed by atoms with Gasteiger partial charge in [-0.3, -0.25) is 19.7 Å². The van der Waals surface area contributed by atoms with E-state index in [-0.39, 0.29) is 16.6 Å². The van der Waals surface area contributed by atoms with Gasteiger partial charge in [-0.05, 0) is 42.3 Å². The zero-order chi connectivity index (χ0) is 25.5. The first-order valence-electron chi connectivity index (χ1n) is 12.0. The van der Waals surface area contributed by atoms with Crippen LogP contribution >= 0.6 is 11.6 Å². The molecule has 1 spiro atoms. The fourth-order valence-electron chi connectivity index (χ4n) is 6.35. The molecular formula is C28H20ClFN4O3. The molecule has 1 aromatic heterocycles. The number of H-pyrrole nitrogens is 1. The number of nitrogens with one attached hydrogen (secondary N) is 3. The average molecular weight is 515 g/mol. The second kappa shape index (κ2) is 7.74. The number of aromatic nitrogens is 1. The largest absolute Gasteiger partial charge is 0.361 e. The molecule has 7 rings (SSSR count). The van der Waals surface area contributed by atoms with E-state index in [0.717, 1.165) is 27.4 Å². The van der Waals surface area contributed by atoms with Crippen molar-refractivity contribution in [3.63, 3.8) is 0 Å². The number of halogens is 2. The number of carbonyl (C=O) groups is 3. The third-order valence-corrected chi connectivity index (χ3v) is 8.19. The topological polar surface area (TPSA) is 94.3 Å². The molecule has 9 heteroatoms. The molecule has 7 nitrogen and oxygen atoms in total. The molecule has 3 N–H and O–H groups in total. The quantitative estimate of drug-likeness (QED) is 0.358. The number of hydrogen-bond donors (Lipinski definition) is 3. The van der Waals surface area contributed by atoms with Gasteiger partial charge < -0.3 is 10.3 Å². The lowest BCUT2D eigenvalue weighted by Crippen LogP contribution is -2.53. The maximum atomic E-state index is 14.0. The molecule has 3 aliphatic heterocycles. The van der Waals surface area contributed by atoms with Gasteiger partial charge in [0.1, 0.15) is 11.4 Å². The molecule has 0 radical (unpaired) electrons. The van der Waals surface area contributed by atoms with Crippen molar-refractivity contribution < 1.29 is 18.8 Å². The number of fused-ring (bicyclic) bond motifs is 5. The highest BCUT2D eigenvalue weighted by atomic mass is 35.5. The van der Waals surface area contributed by atoms with E-state index in [1.165, 1.54) is 12.1 Å². The van der Waals surface area contributed by atoms with Crippen LogP contribution in [0.1, 0.15) is 11.1 Å². The van der Waals surface area contributed by atoms with Crippen molar-refractivity contribution in [1.29, 1.82) is 0 Å². The Morgan fingerprint density at radius 2 is 1.76 bits per heavy atom. The minimum absolute atomic E-state index is 0.184. The Balaban J connectivity index is 1.38. The first kappa shape index (κ1) is 22.2. The first-order valence-corrected chi connectivity index (χ1v) is 12.3. The Bertz CT molecular complexity index is 1650. The van der Waals surface area contributed by atoms with Crippen molar-refractivity contribution in [2.24, 2.45) is 11.8 Å². The average Bonchev–Trinajstić information content (AvgIpc) is 3.60. The minimum Gasteiger partial charge on any atom is -0.361 e. The van der Waals surface area contributed by atoms with Gasteiger partial charge in [0.15, 0.2) is 0 Å². The zero-order valence-corrected chi connectivity index (χ0v) is 20.1. The van der Waals surface area contributed by atoms with Crippen molar-refractivity contribution in [3.8, 4) is 0 Å². The van der Waals surface area contributed by atoms with Gasteiger partial charge in [-0.1, -0.05) is 48.0 Å². The van der Waals surface area contributed by atoms with Gasteiger partial charge in [0.25, 0.3) is 0 Å². The number of nitrogens with zero attached hydrogens (tertiary/aromatic N) is 1. The Morgan fingerprint density at radius 1 is 0.973 bits per heavy atom. The standard InChI is InChI=1S/C28H20ClFN4O3/c29-18-12-15(9-10-19(18)30)34-25(35)23-22(11-14-13-31-20-7-3-1-5-16(14)20)33-28(24(23)26(34)36)17-6-2-4-8-21(17)32-27(28)37/h1-10,12-13,22-24,31,33H,11H2,(H,32,37). The number of carbonyl (C=O) groups excluding carboxylic acids is 3. The number of hydrogen-bond acceptors (Lipinski definition) is 4. The minimum atomic E-state index is -1.41. The van der Waals surface area contributed by atoms with Gasteiger partial charge in [0.05, 0.1) is 22.5 Å². The summed E-state index contributed by atoms with van der Waals surface area (Å²) in [6, 6.07) is 18.3. The van der Waals surface area contributed by atoms with Crippen molar-refractivity contribution in [2.45, 2.75) is 18.0 Å². The second-order valence-corrected chi connectivity index (χ2v) is 10.1.